The number of nitrogens with one attached hydrogen (secondary N) is 2. The van der Waals surface area contributed by atoms with Gasteiger partial charge in [0, 0.05) is 31.0 Å². The lowest BCUT2D eigenvalue weighted by molar-refractivity contribution is -0.147. The molecule has 0 aromatic heterocycles. The van der Waals surface area contributed by atoms with Gasteiger partial charge in [-0.1, -0.05) is 0 Å². The highest BCUT2D eigenvalue weighted by Crippen LogP contribution is 2.19. The fraction of sp³-hybridized carbons (Fsp3) is 0.500. The average Bonchev–Trinajstić information content (AvgIpc) is 2.92. The Morgan fingerprint density at radius 2 is 1.83 bits per heavy atom. The van der Waals surface area contributed by atoms with E-state index in [1.54, 1.807) is 26.0 Å². The van der Waals surface area contributed by atoms with Crippen molar-refractivity contribution in [3.63, 3.8) is 0 Å². The van der Waals surface area contributed by atoms with E-state index in [0.29, 0.717) is 18.9 Å². The SMILES string of the molecule is CC1(C)NC(=O)N(CCC(=O)OCC(=O)Nc2ccc(N3CCOCC3)cc2)C1=O. The van der Waals surface area contributed by atoms with E-state index in [1.165, 1.54) is 0 Å². The molecule has 0 bridgehead atoms. The minimum absolute atomic E-state index is 0.0997. The van der Waals surface area contributed by atoms with Crippen molar-refractivity contribution >= 4 is 35.2 Å². The predicted molar refractivity (Wildman–Crippen MR) is 108 cm³/mol. The number of carbonyl (C=O) groups excluding carboxylic acids is 4. The summed E-state index contributed by atoms with van der Waals surface area (Å²) in [6.45, 7) is 5.66. The number of urea groups is 1. The highest BCUT2D eigenvalue weighted by Gasteiger charge is 2.44. The van der Waals surface area contributed by atoms with Crippen LogP contribution in [0.4, 0.5) is 16.2 Å². The van der Waals surface area contributed by atoms with E-state index in [4.69, 9.17) is 9.47 Å². The van der Waals surface area contributed by atoms with E-state index in [9.17, 15) is 19.2 Å². The smallest absolute Gasteiger partial charge is 0.325 e. The van der Waals surface area contributed by atoms with Crippen molar-refractivity contribution in [1.82, 2.24) is 10.2 Å². The fourth-order valence-corrected chi connectivity index (χ4v) is 3.22. The second-order valence-corrected chi connectivity index (χ2v) is 7.62. The van der Waals surface area contributed by atoms with Gasteiger partial charge in [0.1, 0.15) is 5.54 Å². The number of benzene rings is 1. The molecule has 0 atom stereocenters. The van der Waals surface area contributed by atoms with Crippen molar-refractivity contribution in [2.75, 3.05) is 49.7 Å². The van der Waals surface area contributed by atoms with Crippen LogP contribution < -0.4 is 15.5 Å². The highest BCUT2D eigenvalue weighted by atomic mass is 16.5. The Bertz CT molecular complexity index is 817. The lowest BCUT2D eigenvalue weighted by atomic mass is 10.1. The van der Waals surface area contributed by atoms with E-state index >= 15 is 0 Å². The summed E-state index contributed by atoms with van der Waals surface area (Å²) in [7, 11) is 0. The molecule has 30 heavy (non-hydrogen) atoms. The van der Waals surface area contributed by atoms with Crippen LogP contribution in [0.1, 0.15) is 20.3 Å². The van der Waals surface area contributed by atoms with Crippen molar-refractivity contribution in [1.29, 1.82) is 0 Å². The van der Waals surface area contributed by atoms with Crippen LogP contribution in [0, 0.1) is 0 Å². The Morgan fingerprint density at radius 1 is 1.17 bits per heavy atom. The first kappa shape index (κ1) is 21.6. The van der Waals surface area contributed by atoms with Gasteiger partial charge < -0.3 is 25.0 Å². The number of carbonyl (C=O) groups is 4. The molecule has 0 saturated carbocycles. The first-order valence-electron chi connectivity index (χ1n) is 9.78. The van der Waals surface area contributed by atoms with Gasteiger partial charge in [-0.2, -0.15) is 0 Å². The van der Waals surface area contributed by atoms with Gasteiger partial charge in [0.05, 0.1) is 19.6 Å². The Morgan fingerprint density at radius 3 is 2.43 bits per heavy atom. The van der Waals surface area contributed by atoms with Crippen LogP contribution in [0.25, 0.3) is 0 Å². The second kappa shape index (κ2) is 9.12. The normalized spacial score (nSPS) is 18.2. The number of hydrogen-bond donors (Lipinski definition) is 2. The Balaban J connectivity index is 1.39. The minimum atomic E-state index is -0.988. The molecule has 2 N–H and O–H groups in total. The Kier molecular flexibility index (Phi) is 6.56. The van der Waals surface area contributed by atoms with Gasteiger partial charge >= 0.3 is 12.0 Å². The van der Waals surface area contributed by atoms with Crippen LogP contribution in [0.3, 0.4) is 0 Å². The van der Waals surface area contributed by atoms with Gasteiger partial charge in [-0.15, -0.1) is 0 Å². The zero-order valence-corrected chi connectivity index (χ0v) is 17.1. The summed E-state index contributed by atoms with van der Waals surface area (Å²) in [6, 6.07) is 6.84. The lowest BCUT2D eigenvalue weighted by Crippen LogP contribution is -2.40. The molecule has 0 radical (unpaired) electrons. The van der Waals surface area contributed by atoms with Crippen molar-refractivity contribution in [2.45, 2.75) is 25.8 Å². The van der Waals surface area contributed by atoms with Crippen LogP contribution in [0.2, 0.25) is 0 Å². The Labute approximate surface area is 174 Å². The van der Waals surface area contributed by atoms with Gasteiger partial charge in [0.15, 0.2) is 6.61 Å². The molecule has 2 aliphatic rings. The van der Waals surface area contributed by atoms with E-state index < -0.39 is 36.0 Å². The quantitative estimate of drug-likeness (QED) is 0.495. The van der Waals surface area contributed by atoms with Crippen LogP contribution in [0.5, 0.6) is 0 Å². The summed E-state index contributed by atoms with van der Waals surface area (Å²) < 4.78 is 10.3. The van der Waals surface area contributed by atoms with Crippen LogP contribution >= 0.6 is 0 Å². The highest BCUT2D eigenvalue weighted by molar-refractivity contribution is 6.06. The molecule has 162 valence electrons. The van der Waals surface area contributed by atoms with Crippen molar-refractivity contribution < 1.29 is 28.7 Å². The van der Waals surface area contributed by atoms with Crippen molar-refractivity contribution in [3.8, 4) is 0 Å². The summed E-state index contributed by atoms with van der Waals surface area (Å²) in [4.78, 5) is 50.9. The molecule has 2 aliphatic heterocycles. The number of imide groups is 1. The third-order valence-electron chi connectivity index (χ3n) is 4.88. The Hall–Kier alpha value is -3.14. The monoisotopic (exact) mass is 418 g/mol. The van der Waals surface area contributed by atoms with E-state index in [0.717, 1.165) is 23.7 Å². The number of ether oxygens (including phenoxy) is 2. The molecular formula is C20H26N4O6. The van der Waals surface area contributed by atoms with Gasteiger partial charge in [0.25, 0.3) is 11.8 Å². The van der Waals surface area contributed by atoms with Gasteiger partial charge in [-0.05, 0) is 38.1 Å². The number of anilines is 2. The molecule has 0 spiro atoms. The lowest BCUT2D eigenvalue weighted by Gasteiger charge is -2.28. The first-order valence-corrected chi connectivity index (χ1v) is 9.78. The van der Waals surface area contributed by atoms with Crippen LogP contribution in [0.15, 0.2) is 24.3 Å². The number of nitrogens with zero attached hydrogens (tertiary/aromatic N) is 2. The summed E-state index contributed by atoms with van der Waals surface area (Å²) in [6.07, 6.45) is -0.184. The van der Waals surface area contributed by atoms with Crippen molar-refractivity contribution in [2.24, 2.45) is 0 Å². The standard InChI is InChI=1S/C20H26N4O6/c1-20(2)18(27)24(19(28)22-20)8-7-17(26)30-13-16(25)21-14-3-5-15(6-4-14)23-9-11-29-12-10-23/h3-6H,7-13H2,1-2H3,(H,21,25)(H,22,28). The third-order valence-corrected chi connectivity index (χ3v) is 4.88. The predicted octanol–water partition coefficient (Wildman–Crippen LogP) is 0.725. The zero-order chi connectivity index (χ0) is 21.7. The first-order chi connectivity index (χ1) is 14.3. The number of hydrogen-bond acceptors (Lipinski definition) is 7. The number of morpholine rings is 1. The minimum Gasteiger partial charge on any atom is -0.456 e. The number of amides is 4. The van der Waals surface area contributed by atoms with Crippen molar-refractivity contribution in [3.05, 3.63) is 24.3 Å². The molecule has 10 nitrogen and oxygen atoms in total. The van der Waals surface area contributed by atoms with Gasteiger partial charge in [0.2, 0.25) is 0 Å². The van der Waals surface area contributed by atoms with Crippen LogP contribution in [-0.2, 0) is 23.9 Å². The molecular weight excluding hydrogens is 392 g/mol. The summed E-state index contributed by atoms with van der Waals surface area (Å²) >= 11 is 0. The maximum atomic E-state index is 12.1. The third kappa shape index (κ3) is 5.26. The number of rotatable bonds is 7. The molecule has 3 rings (SSSR count). The molecule has 2 heterocycles. The van der Waals surface area contributed by atoms with E-state index in [1.807, 2.05) is 12.1 Å². The molecule has 10 heteroatoms. The van der Waals surface area contributed by atoms with Gasteiger partial charge in [-0.25, -0.2) is 4.79 Å². The largest absolute Gasteiger partial charge is 0.456 e. The fourth-order valence-electron chi connectivity index (χ4n) is 3.22. The maximum absolute atomic E-state index is 12.1. The van der Waals surface area contributed by atoms with Gasteiger partial charge in [-0.3, -0.25) is 19.3 Å². The molecule has 1 aromatic carbocycles. The zero-order valence-electron chi connectivity index (χ0n) is 17.1. The molecule has 1 aromatic rings. The summed E-state index contributed by atoms with van der Waals surface area (Å²) in [5.74, 6) is -1.55. The molecule has 4 amide bonds. The maximum Gasteiger partial charge on any atom is 0.325 e. The molecule has 2 saturated heterocycles. The van der Waals surface area contributed by atoms with Crippen LogP contribution in [-0.4, -0.2) is 73.7 Å². The second-order valence-electron chi connectivity index (χ2n) is 7.62. The molecule has 0 aliphatic carbocycles. The topological polar surface area (TPSA) is 117 Å². The molecule has 2 fully saturated rings. The van der Waals surface area contributed by atoms with E-state index in [2.05, 4.69) is 15.5 Å². The molecule has 0 unspecified atom stereocenters. The average molecular weight is 418 g/mol. The van der Waals surface area contributed by atoms with E-state index in [-0.39, 0.29) is 13.0 Å². The summed E-state index contributed by atoms with van der Waals surface area (Å²) in [5, 5.41) is 5.19. The summed E-state index contributed by atoms with van der Waals surface area (Å²) in [5.41, 5.74) is 0.652. The number of esters is 1.